The predicted octanol–water partition coefficient (Wildman–Crippen LogP) is 7.87. The van der Waals surface area contributed by atoms with Gasteiger partial charge in [-0.1, -0.05) is 103 Å². The summed E-state index contributed by atoms with van der Waals surface area (Å²) in [6.07, 6.45) is 7.88. The van der Waals surface area contributed by atoms with Crippen molar-refractivity contribution in [1.29, 1.82) is 0 Å². The fraction of sp³-hybridized carbons (Fsp3) is 0.102. The first-order valence-electron chi connectivity index (χ1n) is 19.9. The van der Waals surface area contributed by atoms with Gasteiger partial charge >= 0.3 is 17.6 Å². The molecule has 0 bridgehead atoms. The number of esters is 1. The molecule has 7 aromatic rings. The van der Waals surface area contributed by atoms with Crippen molar-refractivity contribution in [2.75, 3.05) is 13.2 Å². The first-order chi connectivity index (χ1) is 31.1. The van der Waals surface area contributed by atoms with E-state index in [1.54, 1.807) is 42.0 Å². The number of aromatic nitrogens is 3. The van der Waals surface area contributed by atoms with Crippen molar-refractivity contribution in [3.8, 4) is 43.0 Å². The second-order valence-corrected chi connectivity index (χ2v) is 16.2. The molecule has 0 spiro atoms. The number of aliphatic carboxylic acids is 1. The number of cyclic esters (lactones) is 1. The Morgan fingerprint density at radius 3 is 1.88 bits per heavy atom. The third-order valence-corrected chi connectivity index (χ3v) is 12.1. The highest BCUT2D eigenvalue weighted by Crippen LogP contribution is 2.31. The predicted molar refractivity (Wildman–Crippen MR) is 257 cm³/mol. The van der Waals surface area contributed by atoms with E-state index >= 15 is 0 Å². The summed E-state index contributed by atoms with van der Waals surface area (Å²) in [5.74, 6) is -1.47. The van der Waals surface area contributed by atoms with Crippen LogP contribution in [0.3, 0.4) is 0 Å². The number of nitrogens with one attached hydrogen (secondary N) is 1. The number of carboxylic acid groups (broad SMARTS) is 1. The molecule has 6 N–H and O–H groups in total. The highest BCUT2D eigenvalue weighted by Gasteiger charge is 2.23. The van der Waals surface area contributed by atoms with Crippen LogP contribution in [0.25, 0.3) is 66.3 Å². The van der Waals surface area contributed by atoms with Crippen molar-refractivity contribution in [3.05, 3.63) is 181 Å². The van der Waals surface area contributed by atoms with Gasteiger partial charge in [0.2, 0.25) is 0 Å². The maximum Gasteiger partial charge on any atom is 0.345 e. The Kier molecular flexibility index (Phi) is 16.2. The number of aliphatic hydroxyl groups excluding tert-OH is 2. The first-order valence-corrected chi connectivity index (χ1v) is 22.5. The molecule has 0 radical (unpaired) electrons. The summed E-state index contributed by atoms with van der Waals surface area (Å²) in [4.78, 5) is 50.5. The van der Waals surface area contributed by atoms with Crippen molar-refractivity contribution < 1.29 is 39.5 Å². The molecule has 0 amide bonds. The Hall–Kier alpha value is -7.34. The minimum Gasteiger partial charge on any atom is -0.506 e. The summed E-state index contributed by atoms with van der Waals surface area (Å²) in [6.45, 7) is 3.64. The van der Waals surface area contributed by atoms with Gasteiger partial charge < -0.3 is 35.3 Å². The SMILES string of the molecule is C/C=C(\C(=O)O)c1csc(-c2ccccc2)n1.CCNC(/C=c1/cc(-c2csc(-c3ccccc3)n2)c(=O)o/c1=C/CO)=C(O)/C=C1\CC=C(c2csc(-c3ccccc3)n2)C(=O)O1.O. The van der Waals surface area contributed by atoms with E-state index in [1.807, 2.05) is 103 Å². The molecular weight excluding hydrogens is 885 g/mol. The summed E-state index contributed by atoms with van der Waals surface area (Å²) >= 11 is 4.29. The monoisotopic (exact) mass is 926 g/mol. The quantitative estimate of drug-likeness (QED) is 0.0523. The molecular formula is C49H42N4O9S3. The Morgan fingerprint density at radius 1 is 0.785 bits per heavy atom. The number of benzene rings is 3. The van der Waals surface area contributed by atoms with Crippen LogP contribution in [0, 0.1) is 0 Å². The van der Waals surface area contributed by atoms with Crippen LogP contribution in [0.5, 0.6) is 0 Å². The lowest BCUT2D eigenvalue weighted by molar-refractivity contribution is -0.133. The fourth-order valence-electron chi connectivity index (χ4n) is 6.34. The number of aliphatic hydroxyl groups is 2. The average molecular weight is 927 g/mol. The number of nitrogens with zero attached hydrogens (tertiary/aromatic N) is 3. The highest BCUT2D eigenvalue weighted by atomic mass is 32.1. The first kappa shape index (κ1) is 47.1. The maximum atomic E-state index is 13.0. The van der Waals surface area contributed by atoms with E-state index in [4.69, 9.17) is 14.3 Å². The van der Waals surface area contributed by atoms with Crippen LogP contribution < -0.4 is 21.6 Å². The molecule has 3 aromatic carbocycles. The standard InChI is InChI=1S/C36H29N3O6S2.C13H11NO2S.H2O/c1-2-37-28(31(41)19-25-13-14-26(35(42)44-25)29-20-46-33(38-29)22-9-5-3-6-10-22)18-24-17-27(36(43)45-32(24)15-16-40)30-21-47-34(39-30)23-11-7-4-8-12-23;1-2-10(13(15)16)11-8-17-12(14-11)9-6-4-3-5-7-9;/h3-12,14-15,17-21,37,40-41H,2,13,16H2,1H3;2-8H,1H3,(H,15,16);1H2/b24-18-,25-19+,31-28-,32-15+;10-2-;. The van der Waals surface area contributed by atoms with Crippen molar-refractivity contribution in [3.63, 3.8) is 0 Å². The molecule has 1 aliphatic rings. The molecule has 16 heteroatoms. The highest BCUT2D eigenvalue weighted by molar-refractivity contribution is 7.14. The largest absolute Gasteiger partial charge is 0.506 e. The van der Waals surface area contributed by atoms with E-state index in [0.717, 1.165) is 31.7 Å². The Bertz CT molecular complexity index is 3090. The van der Waals surface area contributed by atoms with E-state index in [1.165, 1.54) is 46.2 Å². The van der Waals surface area contributed by atoms with Crippen molar-refractivity contribution in [1.82, 2.24) is 20.3 Å². The van der Waals surface area contributed by atoms with Gasteiger partial charge in [0.25, 0.3) is 0 Å². The van der Waals surface area contributed by atoms with E-state index in [0.29, 0.717) is 34.4 Å². The Morgan fingerprint density at radius 2 is 1.34 bits per heavy atom. The van der Waals surface area contributed by atoms with Gasteiger partial charge in [-0.2, -0.15) is 0 Å². The second kappa shape index (κ2) is 22.3. The Balaban J connectivity index is 0.000000326. The summed E-state index contributed by atoms with van der Waals surface area (Å²) in [6, 6.07) is 30.7. The van der Waals surface area contributed by atoms with E-state index in [2.05, 4.69) is 20.3 Å². The number of carbonyl (C=O) groups is 2. The minimum absolute atomic E-state index is 0. The van der Waals surface area contributed by atoms with E-state index in [9.17, 15) is 24.6 Å². The molecule has 8 rings (SSSR count). The number of hydrogen-bond donors (Lipinski definition) is 4. The molecule has 65 heavy (non-hydrogen) atoms. The molecule has 0 saturated heterocycles. The number of rotatable bonds is 12. The zero-order chi connectivity index (χ0) is 45.0. The van der Waals surface area contributed by atoms with Crippen LogP contribution in [0.1, 0.15) is 31.7 Å². The van der Waals surface area contributed by atoms with Gasteiger partial charge in [-0.15, -0.1) is 34.0 Å². The lowest BCUT2D eigenvalue weighted by atomic mass is 10.1. The van der Waals surface area contributed by atoms with Gasteiger partial charge in [0.1, 0.15) is 32.0 Å². The number of carbonyl (C=O) groups excluding carboxylic acids is 1. The van der Waals surface area contributed by atoms with Crippen molar-refractivity contribution in [2.45, 2.75) is 20.3 Å². The topological polar surface area (TPSA) is 216 Å². The summed E-state index contributed by atoms with van der Waals surface area (Å²) in [5, 5.41) is 41.1. The number of thiazole rings is 3. The van der Waals surface area contributed by atoms with Crippen LogP contribution in [0.2, 0.25) is 0 Å². The molecule has 0 aliphatic carbocycles. The van der Waals surface area contributed by atoms with E-state index in [-0.39, 0.29) is 52.3 Å². The zero-order valence-electron chi connectivity index (χ0n) is 34.9. The van der Waals surface area contributed by atoms with Gasteiger partial charge in [-0.05, 0) is 32.1 Å². The lowest BCUT2D eigenvalue weighted by Gasteiger charge is -2.15. The van der Waals surface area contributed by atoms with Gasteiger partial charge in [0.15, 0.2) is 0 Å². The molecule has 0 fully saturated rings. The van der Waals surface area contributed by atoms with Crippen LogP contribution in [-0.2, 0) is 14.3 Å². The average Bonchev–Trinajstić information content (AvgIpc) is 4.12. The maximum absolute atomic E-state index is 13.0. The van der Waals surface area contributed by atoms with Crippen molar-refractivity contribution in [2.24, 2.45) is 0 Å². The number of ether oxygens (including phenoxy) is 1. The molecule has 0 saturated carbocycles. The number of hydrogen-bond acceptors (Lipinski definition) is 14. The molecule has 4 aromatic heterocycles. The van der Waals surface area contributed by atoms with Crippen LogP contribution in [0.15, 0.2) is 158 Å². The summed E-state index contributed by atoms with van der Waals surface area (Å²) < 4.78 is 11.2. The normalized spacial score (nSPS) is 14.1. The third kappa shape index (κ3) is 11.6. The third-order valence-electron chi connectivity index (χ3n) is 9.40. The molecule has 13 nitrogen and oxygen atoms in total. The Labute approximate surface area is 384 Å². The van der Waals surface area contributed by atoms with Gasteiger partial charge in [-0.3, -0.25) is 0 Å². The van der Waals surface area contributed by atoms with Crippen LogP contribution >= 0.6 is 34.0 Å². The lowest BCUT2D eigenvalue weighted by Crippen LogP contribution is -2.31. The smallest absolute Gasteiger partial charge is 0.345 e. The second-order valence-electron chi connectivity index (χ2n) is 13.7. The van der Waals surface area contributed by atoms with E-state index < -0.39 is 17.6 Å². The van der Waals surface area contributed by atoms with Gasteiger partial charge in [0.05, 0.1) is 46.1 Å². The zero-order valence-corrected chi connectivity index (χ0v) is 37.4. The number of carboxylic acids is 1. The summed E-state index contributed by atoms with van der Waals surface area (Å²) in [7, 11) is 0. The van der Waals surface area contributed by atoms with Crippen molar-refractivity contribution >= 4 is 69.2 Å². The molecule has 330 valence electrons. The minimum atomic E-state index is -0.947. The molecule has 1 aliphatic heterocycles. The molecule has 0 unspecified atom stereocenters. The number of allylic oxidation sites excluding steroid dienone is 4. The van der Waals surface area contributed by atoms with Gasteiger partial charge in [0, 0.05) is 57.1 Å². The fourth-order valence-corrected chi connectivity index (χ4v) is 8.82. The van der Waals surface area contributed by atoms with Crippen LogP contribution in [0.4, 0.5) is 0 Å². The molecule has 0 atom stereocenters. The van der Waals surface area contributed by atoms with Crippen LogP contribution in [-0.4, -0.2) is 60.8 Å². The van der Waals surface area contributed by atoms with Gasteiger partial charge in [-0.25, -0.2) is 29.3 Å². The molecule has 5 heterocycles. The summed E-state index contributed by atoms with van der Waals surface area (Å²) in [5.41, 5.74) is 5.02.